The van der Waals surface area contributed by atoms with Crippen LogP contribution in [0.3, 0.4) is 0 Å². The number of benzene rings is 8. The number of nitrogens with zero attached hydrogens (tertiary/aromatic N) is 3. The first-order valence-corrected chi connectivity index (χ1v) is 17.3. The molecule has 0 unspecified atom stereocenters. The summed E-state index contributed by atoms with van der Waals surface area (Å²) < 4.78 is 2.51. The van der Waals surface area contributed by atoms with Crippen LogP contribution >= 0.6 is 11.3 Å². The van der Waals surface area contributed by atoms with Crippen molar-refractivity contribution < 1.29 is 0 Å². The molecule has 0 radical (unpaired) electrons. The summed E-state index contributed by atoms with van der Waals surface area (Å²) in [6.45, 7) is 0. The monoisotopic (exact) mass is 641 g/mol. The highest BCUT2D eigenvalue weighted by Gasteiger charge is 2.20. The molecule has 0 aliphatic rings. The third kappa shape index (κ3) is 4.68. The normalized spacial score (nSPS) is 11.7. The summed E-state index contributed by atoms with van der Waals surface area (Å²) >= 11 is 1.84. The van der Waals surface area contributed by atoms with E-state index in [1.54, 1.807) is 0 Å². The molecule has 2 heterocycles. The SMILES string of the molecule is c1ccc(-c2nc(-c3ccc(-c4ccc5ccccc5c4)cc3)nc(-c3cc4ccc5ccccc5c4c4sc5ccccc5c34)n2)cc1. The van der Waals surface area contributed by atoms with Crippen molar-refractivity contribution in [3.8, 4) is 45.3 Å². The van der Waals surface area contributed by atoms with Gasteiger partial charge in [-0.2, -0.15) is 0 Å². The first-order valence-electron chi connectivity index (χ1n) is 16.4. The number of thiophene rings is 1. The number of aromatic nitrogens is 3. The van der Waals surface area contributed by atoms with E-state index in [0.717, 1.165) is 22.3 Å². The van der Waals surface area contributed by atoms with Gasteiger partial charge in [0, 0.05) is 42.2 Å². The van der Waals surface area contributed by atoms with Gasteiger partial charge in [0.25, 0.3) is 0 Å². The lowest BCUT2D eigenvalue weighted by Gasteiger charge is -2.12. The van der Waals surface area contributed by atoms with E-state index >= 15 is 0 Å². The summed E-state index contributed by atoms with van der Waals surface area (Å²) in [4.78, 5) is 15.5. The van der Waals surface area contributed by atoms with Crippen LogP contribution in [-0.2, 0) is 0 Å². The molecule has 0 aliphatic carbocycles. The quantitative estimate of drug-likeness (QED) is 0.180. The zero-order chi connectivity index (χ0) is 32.3. The number of hydrogen-bond donors (Lipinski definition) is 0. The first kappa shape index (κ1) is 27.8. The van der Waals surface area contributed by atoms with E-state index < -0.39 is 0 Å². The van der Waals surface area contributed by atoms with Crippen molar-refractivity contribution in [2.45, 2.75) is 0 Å². The van der Waals surface area contributed by atoms with Crippen LogP contribution in [0.1, 0.15) is 0 Å². The van der Waals surface area contributed by atoms with Gasteiger partial charge in [-0.1, -0.05) is 146 Å². The maximum atomic E-state index is 5.23. The molecule has 0 saturated heterocycles. The lowest BCUT2D eigenvalue weighted by molar-refractivity contribution is 1.08. The number of fused-ring (bicyclic) bond motifs is 8. The maximum Gasteiger partial charge on any atom is 0.164 e. The molecular weight excluding hydrogens is 615 g/mol. The van der Waals surface area contributed by atoms with Gasteiger partial charge in [0.05, 0.1) is 0 Å². The third-order valence-electron chi connectivity index (χ3n) is 9.49. The third-order valence-corrected chi connectivity index (χ3v) is 10.7. The van der Waals surface area contributed by atoms with Gasteiger partial charge < -0.3 is 0 Å². The summed E-state index contributed by atoms with van der Waals surface area (Å²) in [7, 11) is 0. The smallest absolute Gasteiger partial charge is 0.164 e. The van der Waals surface area contributed by atoms with Crippen LogP contribution in [0.15, 0.2) is 164 Å². The van der Waals surface area contributed by atoms with Crippen molar-refractivity contribution in [2.24, 2.45) is 0 Å². The van der Waals surface area contributed by atoms with E-state index in [1.807, 2.05) is 29.5 Å². The van der Waals surface area contributed by atoms with Crippen LogP contribution < -0.4 is 0 Å². The van der Waals surface area contributed by atoms with Gasteiger partial charge in [0.15, 0.2) is 17.5 Å². The largest absolute Gasteiger partial charge is 0.208 e. The Kier molecular flexibility index (Phi) is 6.36. The topological polar surface area (TPSA) is 38.7 Å². The van der Waals surface area contributed by atoms with Crippen molar-refractivity contribution in [1.29, 1.82) is 0 Å². The average molecular weight is 642 g/mol. The van der Waals surface area contributed by atoms with Gasteiger partial charge >= 0.3 is 0 Å². The van der Waals surface area contributed by atoms with Gasteiger partial charge in [-0.3, -0.25) is 0 Å². The molecule has 0 aliphatic heterocycles. The Morgan fingerprint density at radius 3 is 1.73 bits per heavy atom. The van der Waals surface area contributed by atoms with Gasteiger partial charge in [0.1, 0.15) is 0 Å². The molecule has 0 N–H and O–H groups in total. The van der Waals surface area contributed by atoms with Crippen molar-refractivity contribution >= 4 is 63.8 Å². The van der Waals surface area contributed by atoms with E-state index in [1.165, 1.54) is 58.1 Å². The summed E-state index contributed by atoms with van der Waals surface area (Å²) in [5.74, 6) is 1.98. The Bertz CT molecular complexity index is 2870. The van der Waals surface area contributed by atoms with Crippen LogP contribution in [0, 0.1) is 0 Å². The molecular formula is C45H27N3S. The summed E-state index contributed by atoms with van der Waals surface area (Å²) in [6, 6.07) is 57.9. The van der Waals surface area contributed by atoms with Crippen LogP contribution in [-0.4, -0.2) is 15.0 Å². The minimum absolute atomic E-state index is 0.653. The molecule has 10 rings (SSSR count). The highest BCUT2D eigenvalue weighted by molar-refractivity contribution is 7.27. The molecule has 0 bridgehead atoms. The van der Waals surface area contributed by atoms with Gasteiger partial charge in [-0.25, -0.2) is 15.0 Å². The molecule has 0 atom stereocenters. The predicted octanol–water partition coefficient (Wildman–Crippen LogP) is 12.4. The lowest BCUT2D eigenvalue weighted by Crippen LogP contribution is -2.00. The summed E-state index contributed by atoms with van der Waals surface area (Å²) in [5.41, 5.74) is 5.26. The van der Waals surface area contributed by atoms with Gasteiger partial charge in [-0.15, -0.1) is 11.3 Å². The molecule has 3 nitrogen and oxygen atoms in total. The molecule has 0 fully saturated rings. The van der Waals surface area contributed by atoms with Crippen LogP contribution in [0.25, 0.3) is 97.8 Å². The van der Waals surface area contributed by atoms with Gasteiger partial charge in [-0.05, 0) is 56.3 Å². The standard InChI is InChI=1S/C45H27N3S/c1-2-12-31(13-3-1)43-46-44(32-22-18-29(19-23-32)34-24-20-28-10-4-5-14-33(28)26-34)48-45(47-43)38-27-35-25-21-30-11-6-7-15-36(30)40(35)42-41(38)37-16-8-9-17-39(37)49-42/h1-27H. The average Bonchev–Trinajstić information content (AvgIpc) is 3.57. The molecule has 0 saturated carbocycles. The van der Waals surface area contributed by atoms with Crippen molar-refractivity contribution in [3.05, 3.63) is 164 Å². The molecule has 0 amide bonds. The maximum absolute atomic E-state index is 5.23. The number of rotatable bonds is 4. The second-order valence-electron chi connectivity index (χ2n) is 12.4. The van der Waals surface area contributed by atoms with E-state index in [0.29, 0.717) is 17.5 Å². The van der Waals surface area contributed by atoms with Crippen LogP contribution in [0.5, 0.6) is 0 Å². The Hall–Kier alpha value is -6.23. The molecule has 2 aromatic heterocycles. The Balaban J connectivity index is 1.20. The number of hydrogen-bond acceptors (Lipinski definition) is 4. The second kappa shape index (κ2) is 11.2. The summed E-state index contributed by atoms with van der Waals surface area (Å²) in [6.07, 6.45) is 0. The molecule has 228 valence electrons. The van der Waals surface area contributed by atoms with E-state index in [9.17, 15) is 0 Å². The van der Waals surface area contributed by atoms with Crippen molar-refractivity contribution in [3.63, 3.8) is 0 Å². The molecule has 4 heteroatoms. The van der Waals surface area contributed by atoms with E-state index in [-0.39, 0.29) is 0 Å². The zero-order valence-electron chi connectivity index (χ0n) is 26.3. The highest BCUT2D eigenvalue weighted by atomic mass is 32.1. The van der Waals surface area contributed by atoms with E-state index in [2.05, 4.69) is 146 Å². The minimum atomic E-state index is 0.653. The predicted molar refractivity (Wildman–Crippen MR) is 207 cm³/mol. The molecule has 49 heavy (non-hydrogen) atoms. The van der Waals surface area contributed by atoms with Crippen molar-refractivity contribution in [1.82, 2.24) is 15.0 Å². The Morgan fingerprint density at radius 2 is 0.918 bits per heavy atom. The summed E-state index contributed by atoms with van der Waals surface area (Å²) in [5, 5.41) is 9.83. The van der Waals surface area contributed by atoms with E-state index in [4.69, 9.17) is 15.0 Å². The molecule has 10 aromatic rings. The zero-order valence-corrected chi connectivity index (χ0v) is 27.2. The van der Waals surface area contributed by atoms with Crippen LogP contribution in [0.2, 0.25) is 0 Å². The Morgan fingerprint density at radius 1 is 0.347 bits per heavy atom. The highest BCUT2D eigenvalue weighted by Crippen LogP contribution is 2.45. The minimum Gasteiger partial charge on any atom is -0.208 e. The fourth-order valence-electron chi connectivity index (χ4n) is 7.08. The molecule has 8 aromatic carbocycles. The fraction of sp³-hybridized carbons (Fsp3) is 0. The molecule has 0 spiro atoms. The lowest BCUT2D eigenvalue weighted by atomic mass is 9.96. The Labute approximate surface area is 286 Å². The second-order valence-corrected chi connectivity index (χ2v) is 13.5. The van der Waals surface area contributed by atoms with Gasteiger partial charge in [0.2, 0.25) is 0 Å². The fourth-order valence-corrected chi connectivity index (χ4v) is 8.38. The van der Waals surface area contributed by atoms with Crippen LogP contribution in [0.4, 0.5) is 0 Å². The van der Waals surface area contributed by atoms with Crippen molar-refractivity contribution in [2.75, 3.05) is 0 Å². The first-order chi connectivity index (χ1) is 24.3.